The standard InChI is InChI=1S/C33H39N7O12/c1-4-5-13-29(41)38(18-22-14-16-23(17-15-22)25-10-6-7-11-26(25)31-34-36-37-35-31)30(21(2)3)32(42)48-20-28-27(50-33(43)51-28)12-8-9-24(52-40(46)47)19-49-39(44)45/h6-7,10-11,14-17,21,24,30H,4-5,8-9,12-13,18-20H2,1-3H3,(H,34,35,36,37)/t24?,30-/m0/s1. The zero-order valence-electron chi connectivity index (χ0n) is 28.8. The summed E-state index contributed by atoms with van der Waals surface area (Å²) in [6.45, 7) is 4.49. The Morgan fingerprint density at radius 2 is 1.69 bits per heavy atom. The number of rotatable bonds is 21. The fraction of sp³-hybridized carbons (Fsp3) is 0.455. The van der Waals surface area contributed by atoms with Crippen LogP contribution in [0.3, 0.4) is 0 Å². The minimum atomic E-state index is -1.26. The Kier molecular flexibility index (Phi) is 13.9. The summed E-state index contributed by atoms with van der Waals surface area (Å²) in [6, 6.07) is 14.2. The van der Waals surface area contributed by atoms with Gasteiger partial charge in [-0.1, -0.05) is 75.7 Å². The SMILES string of the molecule is CCCCC(=O)N(Cc1ccc(-c2ccccc2-c2nn[nH]n2)cc1)[C@H](C(=O)OCc1oc(=O)oc1CCCC(CO[N+](=O)[O-])O[N+](=O)[O-])C(C)C. The van der Waals surface area contributed by atoms with Crippen molar-refractivity contribution >= 4 is 11.9 Å². The summed E-state index contributed by atoms with van der Waals surface area (Å²) >= 11 is 0. The molecule has 0 spiro atoms. The second kappa shape index (κ2) is 18.7. The Labute approximate surface area is 296 Å². The van der Waals surface area contributed by atoms with Crippen molar-refractivity contribution in [2.24, 2.45) is 5.92 Å². The lowest BCUT2D eigenvalue weighted by Crippen LogP contribution is -2.48. The van der Waals surface area contributed by atoms with Crippen molar-refractivity contribution in [1.82, 2.24) is 25.5 Å². The van der Waals surface area contributed by atoms with E-state index >= 15 is 0 Å². The Balaban J connectivity index is 1.47. The number of carbonyl (C=O) groups is 2. The van der Waals surface area contributed by atoms with Crippen molar-refractivity contribution in [3.63, 3.8) is 0 Å². The van der Waals surface area contributed by atoms with E-state index in [1.54, 1.807) is 13.8 Å². The second-order valence-corrected chi connectivity index (χ2v) is 12.1. The first-order valence-electron chi connectivity index (χ1n) is 16.5. The Morgan fingerprint density at radius 3 is 2.33 bits per heavy atom. The molecule has 0 fully saturated rings. The number of carbonyl (C=O) groups excluding carboxylic acids is 2. The molecule has 2 aromatic heterocycles. The third-order valence-corrected chi connectivity index (χ3v) is 8.00. The van der Waals surface area contributed by atoms with Gasteiger partial charge >= 0.3 is 11.8 Å². The number of aromatic nitrogens is 4. The Morgan fingerprint density at radius 1 is 0.981 bits per heavy atom. The van der Waals surface area contributed by atoms with Gasteiger partial charge in [-0.25, -0.2) is 9.59 Å². The van der Waals surface area contributed by atoms with Crippen LogP contribution >= 0.6 is 0 Å². The maximum Gasteiger partial charge on any atom is 0.519 e. The zero-order chi connectivity index (χ0) is 37.6. The van der Waals surface area contributed by atoms with Gasteiger partial charge in [0, 0.05) is 24.9 Å². The number of nitrogens with one attached hydrogen (secondary N) is 1. The Hall–Kier alpha value is -6.14. The molecule has 4 rings (SSSR count). The molecule has 1 amide bonds. The molecule has 0 aliphatic heterocycles. The molecule has 278 valence electrons. The van der Waals surface area contributed by atoms with Crippen molar-refractivity contribution < 1.29 is 43.0 Å². The van der Waals surface area contributed by atoms with Gasteiger partial charge in [0.1, 0.15) is 18.8 Å². The van der Waals surface area contributed by atoms with Crippen LogP contribution in [0.4, 0.5) is 0 Å². The fourth-order valence-corrected chi connectivity index (χ4v) is 5.55. The molecule has 0 aliphatic carbocycles. The van der Waals surface area contributed by atoms with Crippen LogP contribution in [-0.4, -0.2) is 66.3 Å². The van der Waals surface area contributed by atoms with E-state index < -0.39 is 47.3 Å². The molecule has 2 aromatic carbocycles. The van der Waals surface area contributed by atoms with Crippen LogP contribution in [0.5, 0.6) is 0 Å². The number of hydrogen-bond donors (Lipinski definition) is 1. The summed E-state index contributed by atoms with van der Waals surface area (Å²) in [5.41, 5.74) is 3.33. The summed E-state index contributed by atoms with van der Waals surface area (Å²) in [6.07, 6.45) is 0.396. The van der Waals surface area contributed by atoms with Crippen molar-refractivity contribution in [1.29, 1.82) is 0 Å². The minimum Gasteiger partial charge on any atom is -0.456 e. The molecular weight excluding hydrogens is 686 g/mol. The Bertz CT molecular complexity index is 1840. The van der Waals surface area contributed by atoms with E-state index in [4.69, 9.17) is 13.6 Å². The maximum atomic E-state index is 13.7. The molecule has 0 bridgehead atoms. The van der Waals surface area contributed by atoms with Crippen molar-refractivity contribution in [2.75, 3.05) is 6.61 Å². The molecule has 2 atom stereocenters. The van der Waals surface area contributed by atoms with E-state index in [-0.39, 0.29) is 55.6 Å². The lowest BCUT2D eigenvalue weighted by Gasteiger charge is -2.33. The number of ether oxygens (including phenoxy) is 1. The highest BCUT2D eigenvalue weighted by Gasteiger charge is 2.34. The first-order chi connectivity index (χ1) is 25.0. The second-order valence-electron chi connectivity index (χ2n) is 12.1. The number of tetrazole rings is 1. The van der Waals surface area contributed by atoms with Crippen molar-refractivity contribution in [3.8, 4) is 22.5 Å². The fourth-order valence-electron chi connectivity index (χ4n) is 5.55. The average Bonchev–Trinajstić information content (AvgIpc) is 3.78. The largest absolute Gasteiger partial charge is 0.519 e. The normalized spacial score (nSPS) is 12.2. The summed E-state index contributed by atoms with van der Waals surface area (Å²) in [5.74, 6) is -2.00. The number of benzene rings is 2. The molecule has 0 saturated carbocycles. The van der Waals surface area contributed by atoms with Crippen LogP contribution in [0.25, 0.3) is 22.5 Å². The van der Waals surface area contributed by atoms with Gasteiger partial charge < -0.3 is 28.1 Å². The molecular formula is C33H39N7O12. The summed E-state index contributed by atoms with van der Waals surface area (Å²) in [5, 5.41) is 33.4. The summed E-state index contributed by atoms with van der Waals surface area (Å²) in [4.78, 5) is 70.6. The number of H-pyrrole nitrogens is 1. The van der Waals surface area contributed by atoms with Crippen LogP contribution in [-0.2, 0) is 43.6 Å². The predicted molar refractivity (Wildman–Crippen MR) is 179 cm³/mol. The maximum absolute atomic E-state index is 13.7. The first kappa shape index (κ1) is 38.7. The highest BCUT2D eigenvalue weighted by molar-refractivity contribution is 5.85. The van der Waals surface area contributed by atoms with Gasteiger partial charge in [-0.15, -0.1) is 30.4 Å². The molecule has 1 N–H and O–H groups in total. The van der Waals surface area contributed by atoms with Crippen LogP contribution in [0, 0.1) is 26.1 Å². The number of aromatic amines is 1. The van der Waals surface area contributed by atoms with Crippen LogP contribution < -0.4 is 5.82 Å². The molecule has 0 saturated heterocycles. The molecule has 2 heterocycles. The molecule has 0 radical (unpaired) electrons. The van der Waals surface area contributed by atoms with Gasteiger partial charge in [-0.05, 0) is 47.1 Å². The zero-order valence-corrected chi connectivity index (χ0v) is 28.8. The van der Waals surface area contributed by atoms with Crippen molar-refractivity contribution in [2.45, 2.75) is 84.6 Å². The van der Waals surface area contributed by atoms with Gasteiger partial charge in [0.05, 0.1) is 0 Å². The number of unbranched alkanes of at least 4 members (excludes halogenated alkanes) is 1. The molecule has 1 unspecified atom stereocenters. The van der Waals surface area contributed by atoms with Gasteiger partial charge in [0.15, 0.2) is 18.1 Å². The highest BCUT2D eigenvalue weighted by Crippen LogP contribution is 2.30. The number of esters is 1. The summed E-state index contributed by atoms with van der Waals surface area (Å²) in [7, 11) is 0. The molecule has 19 heteroatoms. The topological polar surface area (TPSA) is 249 Å². The third kappa shape index (κ3) is 10.9. The van der Waals surface area contributed by atoms with Gasteiger partial charge in [0.25, 0.3) is 10.2 Å². The lowest BCUT2D eigenvalue weighted by atomic mass is 9.97. The molecule has 0 aliphatic rings. The van der Waals surface area contributed by atoms with E-state index in [1.807, 2.05) is 55.5 Å². The number of amides is 1. The van der Waals surface area contributed by atoms with Crippen LogP contribution in [0.2, 0.25) is 0 Å². The first-order valence-corrected chi connectivity index (χ1v) is 16.5. The number of aryl methyl sites for hydroxylation is 1. The predicted octanol–water partition coefficient (Wildman–Crippen LogP) is 4.47. The third-order valence-electron chi connectivity index (χ3n) is 8.00. The molecule has 19 nitrogen and oxygen atoms in total. The quantitative estimate of drug-likeness (QED) is 0.0706. The van der Waals surface area contributed by atoms with Crippen molar-refractivity contribution in [3.05, 3.63) is 96.5 Å². The molecule has 4 aromatic rings. The van der Waals surface area contributed by atoms with E-state index in [1.165, 1.54) is 4.90 Å². The van der Waals surface area contributed by atoms with Crippen LogP contribution in [0.1, 0.15) is 70.0 Å². The lowest BCUT2D eigenvalue weighted by molar-refractivity contribution is -0.790. The van der Waals surface area contributed by atoms with Crippen LogP contribution in [0.15, 0.2) is 62.2 Å². The highest BCUT2D eigenvalue weighted by atomic mass is 17.0. The molecule has 52 heavy (non-hydrogen) atoms. The van der Waals surface area contributed by atoms with E-state index in [2.05, 4.69) is 30.3 Å². The van der Waals surface area contributed by atoms with Gasteiger partial charge in [0.2, 0.25) is 11.7 Å². The van der Waals surface area contributed by atoms with E-state index in [9.17, 15) is 34.6 Å². The smallest absolute Gasteiger partial charge is 0.456 e. The van der Waals surface area contributed by atoms with Gasteiger partial charge in [-0.2, -0.15) is 5.21 Å². The number of nitrogens with zero attached hydrogens (tertiary/aromatic N) is 6. The summed E-state index contributed by atoms with van der Waals surface area (Å²) < 4.78 is 15.8. The monoisotopic (exact) mass is 725 g/mol. The average molecular weight is 726 g/mol. The van der Waals surface area contributed by atoms with E-state index in [0.717, 1.165) is 28.7 Å². The van der Waals surface area contributed by atoms with E-state index in [0.29, 0.717) is 12.2 Å². The number of hydrogen-bond acceptors (Lipinski definition) is 15. The van der Waals surface area contributed by atoms with Gasteiger partial charge in [-0.3, -0.25) is 4.79 Å². The minimum absolute atomic E-state index is 0.000523.